The van der Waals surface area contributed by atoms with E-state index >= 15 is 0 Å². The first kappa shape index (κ1) is 22.1. The van der Waals surface area contributed by atoms with Gasteiger partial charge in [-0.2, -0.15) is 10.2 Å². The van der Waals surface area contributed by atoms with Crippen LogP contribution in [-0.2, 0) is 6.54 Å². The van der Waals surface area contributed by atoms with Crippen molar-refractivity contribution in [1.82, 2.24) is 29.5 Å². The maximum absolute atomic E-state index is 13.3. The Bertz CT molecular complexity index is 1270. The molecule has 0 amide bonds. The molecule has 1 N–H and O–H groups in total. The summed E-state index contributed by atoms with van der Waals surface area (Å²) in [5.74, 6) is 0.411. The number of hydrogen-bond acceptors (Lipinski definition) is 5. The minimum absolute atomic E-state index is 0.0894. The Morgan fingerprint density at radius 1 is 1.03 bits per heavy atom. The van der Waals surface area contributed by atoms with Gasteiger partial charge < -0.3 is 5.32 Å². The van der Waals surface area contributed by atoms with E-state index in [9.17, 15) is 13.2 Å². The monoisotopic (exact) mass is 481 g/mol. The van der Waals surface area contributed by atoms with Gasteiger partial charge in [0.05, 0.1) is 22.1 Å². The van der Waals surface area contributed by atoms with Crippen LogP contribution in [0.1, 0.15) is 11.4 Å². The summed E-state index contributed by atoms with van der Waals surface area (Å²) < 4.78 is 42.2. The molecule has 0 saturated heterocycles. The second-order valence-corrected chi connectivity index (χ2v) is 7.63. The summed E-state index contributed by atoms with van der Waals surface area (Å²) in [5.41, 5.74) is 2.02. The minimum Gasteiger partial charge on any atom is -0.322 e. The van der Waals surface area contributed by atoms with E-state index in [2.05, 4.69) is 25.5 Å². The van der Waals surface area contributed by atoms with Gasteiger partial charge in [-0.05, 0) is 38.1 Å². The number of hydrogen-bond donors (Lipinski definition) is 1. The predicted molar refractivity (Wildman–Crippen MR) is 116 cm³/mol. The Kier molecular flexibility index (Phi) is 6.07. The number of rotatable bonds is 6. The summed E-state index contributed by atoms with van der Waals surface area (Å²) >= 11 is 12.7. The molecule has 0 bridgehead atoms. The van der Waals surface area contributed by atoms with Crippen molar-refractivity contribution in [3.63, 3.8) is 0 Å². The molecule has 0 fully saturated rings. The molecular formula is C20H16Cl2F3N7. The normalized spacial score (nSPS) is 11.4. The second kappa shape index (κ2) is 8.79. The van der Waals surface area contributed by atoms with E-state index in [-0.39, 0.29) is 16.5 Å². The van der Waals surface area contributed by atoms with Crippen molar-refractivity contribution in [2.45, 2.75) is 26.8 Å². The molecule has 3 heterocycles. The number of anilines is 2. The number of aromatic nitrogens is 6. The van der Waals surface area contributed by atoms with Gasteiger partial charge in [-0.3, -0.25) is 4.68 Å². The maximum atomic E-state index is 13.3. The molecule has 0 aliphatic carbocycles. The molecule has 166 valence electrons. The van der Waals surface area contributed by atoms with E-state index in [4.69, 9.17) is 23.2 Å². The molecule has 12 heteroatoms. The van der Waals surface area contributed by atoms with Crippen LogP contribution >= 0.6 is 23.2 Å². The number of aryl methyl sites for hydroxylation is 1. The average Bonchev–Trinajstić information content (AvgIpc) is 3.19. The highest BCUT2D eigenvalue weighted by atomic mass is 35.5. The average molecular weight is 482 g/mol. The highest BCUT2D eigenvalue weighted by molar-refractivity contribution is 6.35. The molecule has 0 radical (unpaired) electrons. The highest BCUT2D eigenvalue weighted by Crippen LogP contribution is 2.35. The second-order valence-electron chi connectivity index (χ2n) is 6.87. The first-order valence-electron chi connectivity index (χ1n) is 9.36. The zero-order valence-corrected chi connectivity index (χ0v) is 18.3. The number of halogens is 5. The molecule has 0 saturated carbocycles. The van der Waals surface area contributed by atoms with Gasteiger partial charge in [0.1, 0.15) is 29.5 Å². The molecular weight excluding hydrogens is 466 g/mol. The van der Waals surface area contributed by atoms with Crippen molar-refractivity contribution in [1.29, 1.82) is 0 Å². The standard InChI is InChI=1S/C20H16Cl2F3N7/c1-10-17(21)11(2)32(29-10)16-7-15(26-9-27-16)28-20-18(22)19(31(30-20)8-14(24)25)12-3-5-13(23)6-4-12/h3-7,9,14H,8H2,1-2H3,(H,26,27,28,30). The third-order valence-corrected chi connectivity index (χ3v) is 5.55. The smallest absolute Gasteiger partial charge is 0.257 e. The zero-order chi connectivity index (χ0) is 23.0. The summed E-state index contributed by atoms with van der Waals surface area (Å²) in [6, 6.07) is 6.91. The molecule has 0 unspecified atom stereocenters. The summed E-state index contributed by atoms with van der Waals surface area (Å²) in [6.07, 6.45) is -1.35. The van der Waals surface area contributed by atoms with Gasteiger partial charge in [-0.1, -0.05) is 23.2 Å². The lowest BCUT2D eigenvalue weighted by Crippen LogP contribution is -2.10. The van der Waals surface area contributed by atoms with E-state index in [0.29, 0.717) is 33.6 Å². The first-order chi connectivity index (χ1) is 15.2. The molecule has 0 aliphatic rings. The van der Waals surface area contributed by atoms with Gasteiger partial charge in [0.2, 0.25) is 0 Å². The Morgan fingerprint density at radius 2 is 1.75 bits per heavy atom. The van der Waals surface area contributed by atoms with Gasteiger partial charge >= 0.3 is 0 Å². The van der Waals surface area contributed by atoms with Gasteiger partial charge in [0.15, 0.2) is 11.6 Å². The Balaban J connectivity index is 1.72. The van der Waals surface area contributed by atoms with Crippen molar-refractivity contribution in [3.05, 3.63) is 63.9 Å². The molecule has 32 heavy (non-hydrogen) atoms. The van der Waals surface area contributed by atoms with Crippen LogP contribution in [0.2, 0.25) is 10.0 Å². The van der Waals surface area contributed by atoms with Crippen LogP contribution in [0.25, 0.3) is 17.1 Å². The molecule has 4 aromatic rings. The SMILES string of the molecule is Cc1nn(-c2cc(Nc3nn(CC(F)F)c(-c4ccc(F)cc4)c3Cl)ncn2)c(C)c1Cl. The van der Waals surface area contributed by atoms with Crippen LogP contribution in [0.3, 0.4) is 0 Å². The van der Waals surface area contributed by atoms with Crippen LogP contribution in [0, 0.1) is 19.7 Å². The van der Waals surface area contributed by atoms with Crippen LogP contribution in [0.4, 0.5) is 24.8 Å². The Labute approximate surface area is 190 Å². The fourth-order valence-electron chi connectivity index (χ4n) is 3.17. The molecule has 0 atom stereocenters. The van der Waals surface area contributed by atoms with Crippen molar-refractivity contribution in [2.75, 3.05) is 5.32 Å². The van der Waals surface area contributed by atoms with E-state index in [0.717, 1.165) is 4.68 Å². The van der Waals surface area contributed by atoms with E-state index in [1.165, 1.54) is 30.6 Å². The quantitative estimate of drug-likeness (QED) is 0.388. The Morgan fingerprint density at radius 3 is 2.38 bits per heavy atom. The summed E-state index contributed by atoms with van der Waals surface area (Å²) in [4.78, 5) is 8.35. The molecule has 0 aliphatic heterocycles. The topological polar surface area (TPSA) is 73.5 Å². The Hall–Kier alpha value is -3.11. The van der Waals surface area contributed by atoms with Gasteiger partial charge in [-0.15, -0.1) is 0 Å². The molecule has 1 aromatic carbocycles. The highest BCUT2D eigenvalue weighted by Gasteiger charge is 2.21. The lowest BCUT2D eigenvalue weighted by molar-refractivity contribution is 0.122. The van der Waals surface area contributed by atoms with Gasteiger partial charge in [0, 0.05) is 11.6 Å². The third kappa shape index (κ3) is 4.28. The largest absolute Gasteiger partial charge is 0.322 e. The van der Waals surface area contributed by atoms with Crippen LogP contribution in [0.15, 0.2) is 36.7 Å². The van der Waals surface area contributed by atoms with Gasteiger partial charge in [0.25, 0.3) is 6.43 Å². The number of nitrogens with one attached hydrogen (secondary N) is 1. The number of alkyl halides is 2. The molecule has 4 rings (SSSR count). The minimum atomic E-state index is -2.67. The molecule has 3 aromatic heterocycles. The van der Waals surface area contributed by atoms with E-state index in [1.807, 2.05) is 0 Å². The summed E-state index contributed by atoms with van der Waals surface area (Å²) in [5, 5.41) is 12.1. The lowest BCUT2D eigenvalue weighted by atomic mass is 10.1. The number of nitrogens with zero attached hydrogens (tertiary/aromatic N) is 6. The molecule has 0 spiro atoms. The maximum Gasteiger partial charge on any atom is 0.257 e. The molecule has 7 nitrogen and oxygen atoms in total. The first-order valence-corrected chi connectivity index (χ1v) is 10.1. The van der Waals surface area contributed by atoms with Crippen molar-refractivity contribution >= 4 is 34.8 Å². The van der Waals surface area contributed by atoms with Crippen molar-refractivity contribution in [2.24, 2.45) is 0 Å². The summed E-state index contributed by atoms with van der Waals surface area (Å²) in [6.45, 7) is 2.89. The van der Waals surface area contributed by atoms with Crippen LogP contribution in [0.5, 0.6) is 0 Å². The van der Waals surface area contributed by atoms with E-state index in [1.54, 1.807) is 24.6 Å². The fourth-order valence-corrected chi connectivity index (χ4v) is 3.58. The zero-order valence-electron chi connectivity index (χ0n) is 16.8. The predicted octanol–water partition coefficient (Wildman–Crippen LogP) is 5.60. The summed E-state index contributed by atoms with van der Waals surface area (Å²) in [7, 11) is 0. The van der Waals surface area contributed by atoms with Crippen molar-refractivity contribution in [3.8, 4) is 17.1 Å². The fraction of sp³-hybridized carbons (Fsp3) is 0.200. The van der Waals surface area contributed by atoms with Gasteiger partial charge in [-0.25, -0.2) is 27.8 Å². The van der Waals surface area contributed by atoms with Crippen LogP contribution in [-0.4, -0.2) is 36.0 Å². The third-order valence-electron chi connectivity index (χ3n) is 4.64. The lowest BCUT2D eigenvalue weighted by Gasteiger charge is -2.07. The van der Waals surface area contributed by atoms with Crippen molar-refractivity contribution < 1.29 is 13.2 Å². The van der Waals surface area contributed by atoms with E-state index < -0.39 is 18.8 Å². The number of benzene rings is 1. The van der Waals surface area contributed by atoms with Crippen LogP contribution < -0.4 is 5.32 Å².